The first-order chi connectivity index (χ1) is 8.66. The number of thioether (sulfide) groups is 1. The highest BCUT2D eigenvalue weighted by molar-refractivity contribution is 7.99. The quantitative estimate of drug-likeness (QED) is 0.509. The molecule has 1 saturated heterocycles. The fraction of sp³-hybridized carbons (Fsp3) is 0.545. The molecule has 1 aromatic rings. The van der Waals surface area contributed by atoms with Crippen LogP contribution in [0, 0.1) is 10.1 Å². The summed E-state index contributed by atoms with van der Waals surface area (Å²) in [5, 5.41) is 10.5. The molecule has 1 aromatic heterocycles. The molecule has 0 aliphatic carbocycles. The number of carbonyl (C=O) groups excluding carboxylic acids is 1. The van der Waals surface area contributed by atoms with Gasteiger partial charge < -0.3 is 4.98 Å². The summed E-state index contributed by atoms with van der Waals surface area (Å²) in [5.41, 5.74) is 0.253. The van der Waals surface area contributed by atoms with Crippen molar-refractivity contribution in [2.75, 3.05) is 31.1 Å². The summed E-state index contributed by atoms with van der Waals surface area (Å²) in [4.78, 5) is 26.8. The van der Waals surface area contributed by atoms with Crippen LogP contribution in [0.4, 0.5) is 5.69 Å². The van der Waals surface area contributed by atoms with E-state index in [1.54, 1.807) is 0 Å². The lowest BCUT2D eigenvalue weighted by atomic mass is 10.2. The highest BCUT2D eigenvalue weighted by Crippen LogP contribution is 2.14. The lowest BCUT2D eigenvalue weighted by Gasteiger charge is -2.17. The van der Waals surface area contributed by atoms with Crippen molar-refractivity contribution >= 4 is 23.2 Å². The second-order valence-corrected chi connectivity index (χ2v) is 5.42. The first-order valence-corrected chi connectivity index (χ1v) is 6.98. The van der Waals surface area contributed by atoms with Gasteiger partial charge in [-0.1, -0.05) is 0 Å². The molecule has 0 saturated carbocycles. The summed E-state index contributed by atoms with van der Waals surface area (Å²) < 4.78 is 0. The number of rotatable bonds is 4. The van der Waals surface area contributed by atoms with Crippen molar-refractivity contribution in [2.45, 2.75) is 6.42 Å². The monoisotopic (exact) mass is 269 g/mol. The molecule has 0 radical (unpaired) electrons. The molecule has 1 fully saturated rings. The van der Waals surface area contributed by atoms with E-state index in [9.17, 15) is 14.9 Å². The van der Waals surface area contributed by atoms with E-state index >= 15 is 0 Å². The Kier molecular flexibility index (Phi) is 4.38. The Balaban J connectivity index is 1.95. The predicted molar refractivity (Wildman–Crippen MR) is 70.2 cm³/mol. The number of nitrogens with zero attached hydrogens (tertiary/aromatic N) is 2. The van der Waals surface area contributed by atoms with Gasteiger partial charge in [0.1, 0.15) is 0 Å². The lowest BCUT2D eigenvalue weighted by molar-refractivity contribution is -0.384. The van der Waals surface area contributed by atoms with E-state index in [0.29, 0.717) is 12.2 Å². The predicted octanol–water partition coefficient (Wildman–Crippen LogP) is 1.54. The summed E-state index contributed by atoms with van der Waals surface area (Å²) in [7, 11) is 0. The molecule has 1 N–H and O–H groups in total. The Hall–Kier alpha value is -1.34. The van der Waals surface area contributed by atoms with Gasteiger partial charge in [-0.05, 0) is 18.7 Å². The summed E-state index contributed by atoms with van der Waals surface area (Å²) in [6.45, 7) is 2.15. The van der Waals surface area contributed by atoms with Gasteiger partial charge in [-0.15, -0.1) is 0 Å². The molecule has 6 nitrogen and oxygen atoms in total. The molecule has 0 spiro atoms. The van der Waals surface area contributed by atoms with Crippen LogP contribution in [-0.2, 0) is 0 Å². The van der Waals surface area contributed by atoms with Gasteiger partial charge in [0.05, 0.1) is 23.4 Å². The molecule has 2 rings (SSSR count). The van der Waals surface area contributed by atoms with Crippen LogP contribution < -0.4 is 0 Å². The van der Waals surface area contributed by atoms with Crippen molar-refractivity contribution < 1.29 is 9.72 Å². The summed E-state index contributed by atoms with van der Waals surface area (Å²) in [6, 6.07) is 1.30. The maximum absolute atomic E-state index is 12.0. The maximum atomic E-state index is 12.0. The normalized spacial score (nSPS) is 17.3. The fourth-order valence-electron chi connectivity index (χ4n) is 1.89. The van der Waals surface area contributed by atoms with Crippen LogP contribution in [0.3, 0.4) is 0 Å². The van der Waals surface area contributed by atoms with Crippen LogP contribution in [0.15, 0.2) is 12.3 Å². The molecule has 18 heavy (non-hydrogen) atoms. The van der Waals surface area contributed by atoms with E-state index in [0.717, 1.165) is 31.0 Å². The minimum absolute atomic E-state index is 0.0650. The first-order valence-electron chi connectivity index (χ1n) is 5.83. The molecule has 0 amide bonds. The van der Waals surface area contributed by atoms with E-state index in [1.165, 1.54) is 12.3 Å². The Bertz CT molecular complexity index is 438. The topological polar surface area (TPSA) is 79.2 Å². The number of aromatic amines is 1. The van der Waals surface area contributed by atoms with Crippen molar-refractivity contribution in [3.8, 4) is 0 Å². The van der Waals surface area contributed by atoms with Crippen molar-refractivity contribution in [1.82, 2.24) is 9.88 Å². The smallest absolute Gasteiger partial charge is 0.287 e. The van der Waals surface area contributed by atoms with Crippen LogP contribution in [0.5, 0.6) is 0 Å². The van der Waals surface area contributed by atoms with Gasteiger partial charge in [0.25, 0.3) is 5.69 Å². The molecule has 1 aliphatic rings. The third kappa shape index (κ3) is 3.33. The van der Waals surface area contributed by atoms with E-state index in [1.807, 2.05) is 11.8 Å². The van der Waals surface area contributed by atoms with Crippen molar-refractivity contribution in [2.24, 2.45) is 0 Å². The van der Waals surface area contributed by atoms with Crippen LogP contribution in [0.2, 0.25) is 0 Å². The van der Waals surface area contributed by atoms with Gasteiger partial charge >= 0.3 is 0 Å². The van der Waals surface area contributed by atoms with Crippen molar-refractivity contribution in [3.63, 3.8) is 0 Å². The van der Waals surface area contributed by atoms with E-state index < -0.39 is 4.92 Å². The summed E-state index contributed by atoms with van der Waals surface area (Å²) >= 11 is 1.90. The van der Waals surface area contributed by atoms with Crippen molar-refractivity contribution in [1.29, 1.82) is 0 Å². The zero-order valence-electron chi connectivity index (χ0n) is 9.92. The lowest BCUT2D eigenvalue weighted by Crippen LogP contribution is -2.31. The van der Waals surface area contributed by atoms with Crippen LogP contribution in [0.1, 0.15) is 16.9 Å². The third-order valence-electron chi connectivity index (χ3n) is 2.86. The Morgan fingerprint density at radius 1 is 1.50 bits per heavy atom. The average molecular weight is 269 g/mol. The highest BCUT2D eigenvalue weighted by Gasteiger charge is 2.18. The molecule has 98 valence electrons. The minimum atomic E-state index is -0.504. The molecular formula is C11H15N3O3S. The Labute approximate surface area is 109 Å². The number of aromatic nitrogens is 1. The van der Waals surface area contributed by atoms with Gasteiger partial charge in [-0.3, -0.25) is 19.8 Å². The molecule has 0 bridgehead atoms. The van der Waals surface area contributed by atoms with Crippen LogP contribution in [0.25, 0.3) is 0 Å². The number of H-pyrrole nitrogens is 1. The molecule has 0 aromatic carbocycles. The number of hydrogen-bond donors (Lipinski definition) is 1. The van der Waals surface area contributed by atoms with Gasteiger partial charge in [-0.25, -0.2) is 0 Å². The number of ketones is 1. The zero-order valence-corrected chi connectivity index (χ0v) is 10.7. The summed E-state index contributed by atoms with van der Waals surface area (Å²) in [5.74, 6) is 2.09. The Morgan fingerprint density at radius 2 is 2.33 bits per heavy atom. The fourth-order valence-corrected chi connectivity index (χ4v) is 2.82. The van der Waals surface area contributed by atoms with Gasteiger partial charge in [0.2, 0.25) is 0 Å². The summed E-state index contributed by atoms with van der Waals surface area (Å²) in [6.07, 6.45) is 2.34. The number of Topliss-reactive ketones (excluding diaryl/α,β-unsaturated/α-hetero) is 1. The minimum Gasteiger partial charge on any atom is -0.353 e. The van der Waals surface area contributed by atoms with Gasteiger partial charge in [0, 0.05) is 18.4 Å². The first kappa shape index (κ1) is 13.1. The molecule has 0 atom stereocenters. The largest absolute Gasteiger partial charge is 0.353 e. The van der Waals surface area contributed by atoms with E-state index in [2.05, 4.69) is 9.88 Å². The van der Waals surface area contributed by atoms with E-state index in [4.69, 9.17) is 0 Å². The highest BCUT2D eigenvalue weighted by atomic mass is 32.2. The number of nitrogens with one attached hydrogen (secondary N) is 1. The third-order valence-corrected chi connectivity index (χ3v) is 3.91. The van der Waals surface area contributed by atoms with Gasteiger partial charge in [0.15, 0.2) is 5.78 Å². The SMILES string of the molecule is O=C(CN1CCCSCC1)c1cc([N+](=O)[O-])c[nH]1. The molecule has 0 unspecified atom stereocenters. The van der Waals surface area contributed by atoms with Crippen molar-refractivity contribution in [3.05, 3.63) is 28.1 Å². The standard InChI is InChI=1S/C11H15N3O3S/c15-11(8-13-2-1-4-18-5-3-13)10-6-9(7-12-10)14(16)17/h6-7,12H,1-5,8H2. The molecule has 7 heteroatoms. The number of hydrogen-bond acceptors (Lipinski definition) is 5. The maximum Gasteiger partial charge on any atom is 0.287 e. The van der Waals surface area contributed by atoms with E-state index in [-0.39, 0.29) is 11.5 Å². The molecular weight excluding hydrogens is 254 g/mol. The zero-order chi connectivity index (χ0) is 13.0. The second-order valence-electron chi connectivity index (χ2n) is 4.19. The number of carbonyl (C=O) groups is 1. The number of nitro groups is 1. The molecule has 2 heterocycles. The van der Waals surface area contributed by atoms with Crippen LogP contribution in [-0.4, -0.2) is 51.7 Å². The Morgan fingerprint density at radius 3 is 3.06 bits per heavy atom. The van der Waals surface area contributed by atoms with Gasteiger partial charge in [-0.2, -0.15) is 11.8 Å². The average Bonchev–Trinajstić information content (AvgIpc) is 2.70. The molecule has 1 aliphatic heterocycles. The second kappa shape index (κ2) is 6.01. The van der Waals surface area contributed by atoms with Crippen LogP contribution >= 0.6 is 11.8 Å².